The van der Waals surface area contributed by atoms with Crippen LogP contribution in [0.5, 0.6) is 0 Å². The fourth-order valence-corrected chi connectivity index (χ4v) is 3.51. The van der Waals surface area contributed by atoms with Crippen molar-refractivity contribution in [2.75, 3.05) is 0 Å². The lowest BCUT2D eigenvalue weighted by Gasteiger charge is -2.16. The van der Waals surface area contributed by atoms with E-state index in [9.17, 15) is 9.59 Å². The Labute approximate surface area is 152 Å². The van der Waals surface area contributed by atoms with Crippen LogP contribution in [0.25, 0.3) is 0 Å². The zero-order valence-electron chi connectivity index (χ0n) is 14.8. The number of rotatable bonds is 8. The molecule has 2 rings (SSSR count). The Morgan fingerprint density at radius 2 is 1.92 bits per heavy atom. The highest BCUT2D eigenvalue weighted by molar-refractivity contribution is 7.13. The number of hydrogen-bond acceptors (Lipinski definition) is 4. The van der Waals surface area contributed by atoms with Crippen molar-refractivity contribution in [1.82, 2.24) is 10.3 Å². The van der Waals surface area contributed by atoms with E-state index in [1.54, 1.807) is 6.92 Å². The predicted octanol–water partition coefficient (Wildman–Crippen LogP) is 3.99. The minimum Gasteiger partial charge on any atom is -0.477 e. The molecule has 0 saturated carbocycles. The minimum absolute atomic E-state index is 0.0229. The quantitative estimate of drug-likeness (QED) is 0.746. The summed E-state index contributed by atoms with van der Waals surface area (Å²) in [6.45, 7) is 5.42. The molecule has 0 aliphatic heterocycles. The first-order valence-electron chi connectivity index (χ1n) is 8.43. The van der Waals surface area contributed by atoms with Gasteiger partial charge in [0.05, 0.1) is 11.7 Å². The molecule has 1 amide bonds. The highest BCUT2D eigenvalue weighted by atomic mass is 32.1. The van der Waals surface area contributed by atoms with Crippen molar-refractivity contribution in [3.63, 3.8) is 0 Å². The van der Waals surface area contributed by atoms with Crippen LogP contribution in [0.15, 0.2) is 30.3 Å². The molecule has 1 aromatic carbocycles. The number of aryl methyl sites for hydroxylation is 2. The first kappa shape index (κ1) is 19.1. The molecular weight excluding hydrogens is 336 g/mol. The van der Waals surface area contributed by atoms with Crippen molar-refractivity contribution >= 4 is 23.2 Å². The second-order valence-corrected chi connectivity index (χ2v) is 7.31. The van der Waals surface area contributed by atoms with Gasteiger partial charge in [0, 0.05) is 5.92 Å². The predicted molar refractivity (Wildman–Crippen MR) is 98.9 cm³/mol. The Kier molecular flexibility index (Phi) is 6.70. The molecule has 0 aliphatic carbocycles. The number of carbonyl (C=O) groups is 2. The Morgan fingerprint density at radius 1 is 1.24 bits per heavy atom. The number of amides is 1. The van der Waals surface area contributed by atoms with E-state index in [1.165, 1.54) is 5.56 Å². The summed E-state index contributed by atoms with van der Waals surface area (Å²) in [6, 6.07) is 9.94. The Bertz CT molecular complexity index is 728. The van der Waals surface area contributed by atoms with E-state index in [0.717, 1.165) is 30.6 Å². The number of nitrogens with one attached hydrogen (secondary N) is 1. The minimum atomic E-state index is -0.978. The lowest BCUT2D eigenvalue weighted by Crippen LogP contribution is -2.31. The number of aromatic nitrogens is 1. The normalized spacial score (nSPS) is 13.2. The van der Waals surface area contributed by atoms with Crippen LogP contribution in [0.1, 0.15) is 58.7 Å². The molecular formula is C19H24N2O3S. The highest BCUT2D eigenvalue weighted by Crippen LogP contribution is 2.24. The van der Waals surface area contributed by atoms with Gasteiger partial charge in [0.2, 0.25) is 5.91 Å². The van der Waals surface area contributed by atoms with Gasteiger partial charge in [-0.05, 0) is 38.7 Å². The molecule has 6 heteroatoms. The SMILES string of the molecule is Cc1nc(C(C)NC(=O)C(C)CCCc2ccccc2)sc1C(=O)O. The molecule has 2 N–H and O–H groups in total. The van der Waals surface area contributed by atoms with Gasteiger partial charge in [-0.25, -0.2) is 9.78 Å². The molecule has 0 spiro atoms. The number of benzene rings is 1. The van der Waals surface area contributed by atoms with E-state index in [0.29, 0.717) is 10.7 Å². The van der Waals surface area contributed by atoms with Crippen molar-refractivity contribution in [2.24, 2.45) is 5.92 Å². The molecule has 0 aliphatic rings. The first-order chi connectivity index (χ1) is 11.9. The number of thiazole rings is 1. The molecule has 0 fully saturated rings. The molecule has 1 aromatic heterocycles. The van der Waals surface area contributed by atoms with Gasteiger partial charge in [0.15, 0.2) is 0 Å². The highest BCUT2D eigenvalue weighted by Gasteiger charge is 2.21. The molecule has 0 radical (unpaired) electrons. The fraction of sp³-hybridized carbons (Fsp3) is 0.421. The van der Waals surface area contributed by atoms with Crippen LogP contribution in [-0.2, 0) is 11.2 Å². The van der Waals surface area contributed by atoms with Crippen LogP contribution in [0.4, 0.5) is 0 Å². The number of carboxylic acid groups (broad SMARTS) is 1. The number of aromatic carboxylic acids is 1. The van der Waals surface area contributed by atoms with Crippen LogP contribution in [0.3, 0.4) is 0 Å². The Morgan fingerprint density at radius 3 is 2.52 bits per heavy atom. The van der Waals surface area contributed by atoms with Crippen LogP contribution in [0, 0.1) is 12.8 Å². The summed E-state index contributed by atoms with van der Waals surface area (Å²) in [5.74, 6) is -1.09. The molecule has 5 nitrogen and oxygen atoms in total. The summed E-state index contributed by atoms with van der Waals surface area (Å²) >= 11 is 1.12. The second-order valence-electron chi connectivity index (χ2n) is 6.28. The summed E-state index contributed by atoms with van der Waals surface area (Å²) in [7, 11) is 0. The van der Waals surface area contributed by atoms with Crippen LogP contribution in [-0.4, -0.2) is 22.0 Å². The van der Waals surface area contributed by atoms with Crippen LogP contribution >= 0.6 is 11.3 Å². The molecule has 1 heterocycles. The molecule has 2 unspecified atom stereocenters. The third-order valence-corrected chi connectivity index (χ3v) is 5.46. The fourth-order valence-electron chi connectivity index (χ4n) is 2.61. The van der Waals surface area contributed by atoms with Gasteiger partial charge in [-0.15, -0.1) is 11.3 Å². The Hall–Kier alpha value is -2.21. The second kappa shape index (κ2) is 8.76. The van der Waals surface area contributed by atoms with Crippen molar-refractivity contribution in [3.05, 3.63) is 51.5 Å². The molecule has 2 atom stereocenters. The van der Waals surface area contributed by atoms with Gasteiger partial charge < -0.3 is 10.4 Å². The van der Waals surface area contributed by atoms with Crippen LogP contribution in [0.2, 0.25) is 0 Å². The van der Waals surface area contributed by atoms with E-state index in [2.05, 4.69) is 22.4 Å². The topological polar surface area (TPSA) is 79.3 Å². The standard InChI is InChI=1S/C19H24N2O3S/c1-12(8-7-11-15-9-5-4-6-10-15)17(22)20-14(3)18-21-13(2)16(25-18)19(23)24/h4-6,9-10,12,14H,7-8,11H2,1-3H3,(H,20,22)(H,23,24). The molecule has 134 valence electrons. The maximum Gasteiger partial charge on any atom is 0.347 e. The molecule has 0 bridgehead atoms. The van der Waals surface area contributed by atoms with E-state index in [-0.39, 0.29) is 22.7 Å². The van der Waals surface area contributed by atoms with Crippen LogP contribution < -0.4 is 5.32 Å². The van der Waals surface area contributed by atoms with Gasteiger partial charge in [-0.2, -0.15) is 0 Å². The maximum absolute atomic E-state index is 12.3. The smallest absolute Gasteiger partial charge is 0.347 e. The molecule has 25 heavy (non-hydrogen) atoms. The van der Waals surface area contributed by atoms with Gasteiger partial charge in [0.1, 0.15) is 9.88 Å². The van der Waals surface area contributed by atoms with E-state index in [4.69, 9.17) is 5.11 Å². The average Bonchev–Trinajstić information content (AvgIpc) is 2.98. The van der Waals surface area contributed by atoms with Gasteiger partial charge in [0.25, 0.3) is 0 Å². The van der Waals surface area contributed by atoms with Crippen molar-refractivity contribution in [1.29, 1.82) is 0 Å². The summed E-state index contributed by atoms with van der Waals surface area (Å²) in [6.07, 6.45) is 2.72. The third kappa shape index (κ3) is 5.39. The summed E-state index contributed by atoms with van der Waals surface area (Å²) in [5, 5.41) is 12.7. The molecule has 0 saturated heterocycles. The lowest BCUT2D eigenvalue weighted by atomic mass is 10.00. The van der Waals surface area contributed by atoms with Gasteiger partial charge >= 0.3 is 5.97 Å². The summed E-state index contributed by atoms with van der Waals surface area (Å²) < 4.78 is 0. The van der Waals surface area contributed by atoms with E-state index in [1.807, 2.05) is 32.0 Å². The molecule has 2 aromatic rings. The monoisotopic (exact) mass is 360 g/mol. The number of hydrogen-bond donors (Lipinski definition) is 2. The summed E-state index contributed by atoms with van der Waals surface area (Å²) in [4.78, 5) is 27.9. The summed E-state index contributed by atoms with van der Waals surface area (Å²) in [5.41, 5.74) is 1.77. The Balaban J connectivity index is 1.83. The van der Waals surface area contributed by atoms with Gasteiger partial charge in [-0.3, -0.25) is 4.79 Å². The number of carbonyl (C=O) groups excluding carboxylic acids is 1. The lowest BCUT2D eigenvalue weighted by molar-refractivity contribution is -0.125. The van der Waals surface area contributed by atoms with Crippen molar-refractivity contribution < 1.29 is 14.7 Å². The first-order valence-corrected chi connectivity index (χ1v) is 9.25. The van der Waals surface area contributed by atoms with Crippen molar-refractivity contribution in [3.8, 4) is 0 Å². The van der Waals surface area contributed by atoms with Crippen molar-refractivity contribution in [2.45, 2.75) is 46.1 Å². The van der Waals surface area contributed by atoms with Gasteiger partial charge in [-0.1, -0.05) is 37.3 Å². The number of carboxylic acids is 1. The maximum atomic E-state index is 12.3. The zero-order chi connectivity index (χ0) is 18.4. The zero-order valence-corrected chi connectivity index (χ0v) is 15.6. The largest absolute Gasteiger partial charge is 0.477 e. The average molecular weight is 360 g/mol. The van der Waals surface area contributed by atoms with E-state index < -0.39 is 5.97 Å². The van der Waals surface area contributed by atoms with E-state index >= 15 is 0 Å². The number of nitrogens with zero attached hydrogens (tertiary/aromatic N) is 1. The third-order valence-electron chi connectivity index (χ3n) is 4.13.